The first-order valence-electron chi connectivity index (χ1n) is 5.47. The maximum atomic E-state index is 11.4. The number of hydrogen-bond donors (Lipinski definition) is 2. The number of ketones is 2. The van der Waals surface area contributed by atoms with Crippen LogP contribution in [0.25, 0.3) is 0 Å². The lowest BCUT2D eigenvalue weighted by Gasteiger charge is -2.28. The Morgan fingerprint density at radius 3 is 2.28 bits per heavy atom. The summed E-state index contributed by atoms with van der Waals surface area (Å²) in [6.07, 6.45) is -1.79. The van der Waals surface area contributed by atoms with Gasteiger partial charge in [-0.15, -0.1) is 0 Å². The van der Waals surface area contributed by atoms with E-state index in [4.69, 9.17) is 4.74 Å². The molecule has 5 heteroatoms. The van der Waals surface area contributed by atoms with E-state index in [1.54, 1.807) is 30.3 Å². The lowest BCUT2D eigenvalue weighted by atomic mass is 9.91. The second-order valence-corrected chi connectivity index (χ2v) is 4.10. The van der Waals surface area contributed by atoms with Crippen molar-refractivity contribution in [3.63, 3.8) is 0 Å². The van der Waals surface area contributed by atoms with Crippen LogP contribution >= 0.6 is 0 Å². The number of aliphatic hydroxyl groups excluding tert-OH is 1. The quantitative estimate of drug-likeness (QED) is 0.762. The summed E-state index contributed by atoms with van der Waals surface area (Å²) < 4.78 is 5.22. The maximum Gasteiger partial charge on any atom is 0.189 e. The molecule has 0 aliphatic carbocycles. The van der Waals surface area contributed by atoms with Gasteiger partial charge in [0, 0.05) is 0 Å². The van der Waals surface area contributed by atoms with Crippen LogP contribution in [0.1, 0.15) is 13.8 Å². The summed E-state index contributed by atoms with van der Waals surface area (Å²) >= 11 is 0. The van der Waals surface area contributed by atoms with Crippen molar-refractivity contribution in [3.05, 3.63) is 30.3 Å². The van der Waals surface area contributed by atoms with E-state index in [9.17, 15) is 19.8 Å². The van der Waals surface area contributed by atoms with Gasteiger partial charge in [0.1, 0.15) is 12.4 Å². The molecule has 2 atom stereocenters. The molecule has 2 unspecified atom stereocenters. The molecule has 1 aromatic rings. The molecular weight excluding hydrogens is 236 g/mol. The summed E-state index contributed by atoms with van der Waals surface area (Å²) in [5.74, 6) is -0.974. The maximum absolute atomic E-state index is 11.4. The number of carbonyl (C=O) groups excluding carboxylic acids is 2. The first-order chi connectivity index (χ1) is 8.38. The summed E-state index contributed by atoms with van der Waals surface area (Å²) in [5.41, 5.74) is -2.22. The summed E-state index contributed by atoms with van der Waals surface area (Å²) in [6, 6.07) is 8.52. The Bertz CT molecular complexity index is 428. The number of aliphatic hydroxyl groups is 2. The molecule has 0 aromatic heterocycles. The van der Waals surface area contributed by atoms with Crippen molar-refractivity contribution >= 4 is 11.6 Å². The Labute approximate surface area is 105 Å². The minimum Gasteiger partial charge on any atom is -0.490 e. The lowest BCUT2D eigenvalue weighted by Crippen LogP contribution is -2.55. The fourth-order valence-electron chi connectivity index (χ4n) is 1.42. The largest absolute Gasteiger partial charge is 0.490 e. The van der Waals surface area contributed by atoms with E-state index in [2.05, 4.69) is 0 Å². The van der Waals surface area contributed by atoms with E-state index >= 15 is 0 Å². The Hall–Kier alpha value is -1.72. The van der Waals surface area contributed by atoms with Crippen LogP contribution in [0.5, 0.6) is 5.75 Å². The van der Waals surface area contributed by atoms with Crippen LogP contribution in [-0.2, 0) is 9.59 Å². The van der Waals surface area contributed by atoms with Crippen molar-refractivity contribution in [1.82, 2.24) is 0 Å². The van der Waals surface area contributed by atoms with E-state index in [0.29, 0.717) is 5.75 Å². The third kappa shape index (κ3) is 3.15. The Morgan fingerprint density at radius 1 is 1.28 bits per heavy atom. The molecule has 0 radical (unpaired) electrons. The summed E-state index contributed by atoms with van der Waals surface area (Å²) in [5, 5.41) is 19.6. The van der Waals surface area contributed by atoms with Crippen LogP contribution in [0.2, 0.25) is 0 Å². The van der Waals surface area contributed by atoms with Crippen LogP contribution in [-0.4, -0.2) is 40.1 Å². The summed E-state index contributed by atoms with van der Waals surface area (Å²) in [6.45, 7) is 1.72. The number of rotatable bonds is 6. The molecule has 0 bridgehead atoms. The standard InChI is InChI=1S/C13H16O5/c1-9(14)12(16)13(17,10(2)15)8-18-11-6-4-3-5-7-11/h3-7,12,16-17H,8H2,1-2H3. The highest BCUT2D eigenvalue weighted by Crippen LogP contribution is 2.17. The number of para-hydroxylation sites is 1. The van der Waals surface area contributed by atoms with Gasteiger partial charge in [-0.2, -0.15) is 0 Å². The highest BCUT2D eigenvalue weighted by atomic mass is 16.5. The normalized spacial score (nSPS) is 15.6. The SMILES string of the molecule is CC(=O)C(O)C(O)(COc1ccccc1)C(C)=O. The number of benzene rings is 1. The van der Waals surface area contributed by atoms with Crippen molar-refractivity contribution in [2.24, 2.45) is 0 Å². The van der Waals surface area contributed by atoms with Crippen LogP contribution < -0.4 is 4.74 Å². The molecule has 0 fully saturated rings. The molecule has 0 amide bonds. The molecule has 0 saturated heterocycles. The van der Waals surface area contributed by atoms with Gasteiger partial charge in [-0.1, -0.05) is 18.2 Å². The summed E-state index contributed by atoms with van der Waals surface area (Å²) in [7, 11) is 0. The number of Topliss-reactive ketones (excluding diaryl/α,β-unsaturated/α-hetero) is 2. The van der Waals surface area contributed by atoms with Gasteiger partial charge in [-0.3, -0.25) is 9.59 Å². The smallest absolute Gasteiger partial charge is 0.189 e. The highest BCUT2D eigenvalue weighted by molar-refractivity contribution is 5.94. The lowest BCUT2D eigenvalue weighted by molar-refractivity contribution is -0.161. The molecule has 5 nitrogen and oxygen atoms in total. The van der Waals surface area contributed by atoms with Crippen molar-refractivity contribution in [3.8, 4) is 5.75 Å². The van der Waals surface area contributed by atoms with E-state index in [0.717, 1.165) is 13.8 Å². The van der Waals surface area contributed by atoms with Gasteiger partial charge >= 0.3 is 0 Å². The van der Waals surface area contributed by atoms with Crippen LogP contribution in [0.3, 0.4) is 0 Å². The fraction of sp³-hybridized carbons (Fsp3) is 0.385. The van der Waals surface area contributed by atoms with Gasteiger partial charge in [0.15, 0.2) is 23.3 Å². The predicted octanol–water partition coefficient (Wildman–Crippen LogP) is 0.335. The van der Waals surface area contributed by atoms with E-state index in [-0.39, 0.29) is 0 Å². The molecule has 2 N–H and O–H groups in total. The van der Waals surface area contributed by atoms with Gasteiger partial charge in [0.2, 0.25) is 0 Å². The molecule has 0 saturated carbocycles. The topological polar surface area (TPSA) is 83.8 Å². The average molecular weight is 252 g/mol. The molecule has 18 heavy (non-hydrogen) atoms. The minimum absolute atomic E-state index is 0.438. The van der Waals surface area contributed by atoms with E-state index in [1.807, 2.05) is 0 Å². The van der Waals surface area contributed by atoms with Crippen LogP contribution in [0, 0.1) is 0 Å². The zero-order chi connectivity index (χ0) is 13.8. The molecule has 0 aliphatic rings. The zero-order valence-electron chi connectivity index (χ0n) is 10.3. The van der Waals surface area contributed by atoms with Gasteiger partial charge < -0.3 is 14.9 Å². The Morgan fingerprint density at radius 2 is 1.83 bits per heavy atom. The molecule has 0 spiro atoms. The molecule has 1 rings (SSSR count). The van der Waals surface area contributed by atoms with Crippen molar-refractivity contribution < 1.29 is 24.5 Å². The molecule has 0 heterocycles. The average Bonchev–Trinajstić information content (AvgIpc) is 2.35. The van der Waals surface area contributed by atoms with Crippen molar-refractivity contribution in [1.29, 1.82) is 0 Å². The first-order valence-corrected chi connectivity index (χ1v) is 5.47. The number of carbonyl (C=O) groups is 2. The van der Waals surface area contributed by atoms with Crippen LogP contribution in [0.15, 0.2) is 30.3 Å². The Balaban J connectivity index is 2.81. The highest BCUT2D eigenvalue weighted by Gasteiger charge is 2.44. The number of ether oxygens (including phenoxy) is 1. The van der Waals surface area contributed by atoms with Crippen LogP contribution in [0.4, 0.5) is 0 Å². The second kappa shape index (κ2) is 5.75. The van der Waals surface area contributed by atoms with Gasteiger partial charge in [0.25, 0.3) is 0 Å². The van der Waals surface area contributed by atoms with Crippen molar-refractivity contribution in [2.45, 2.75) is 25.6 Å². The fourth-order valence-corrected chi connectivity index (χ4v) is 1.42. The molecular formula is C13H16O5. The molecule has 98 valence electrons. The predicted molar refractivity (Wildman–Crippen MR) is 64.3 cm³/mol. The summed E-state index contributed by atoms with van der Waals surface area (Å²) in [4.78, 5) is 22.5. The molecule has 0 aliphatic heterocycles. The minimum atomic E-state index is -2.22. The van der Waals surface area contributed by atoms with Gasteiger partial charge in [0.05, 0.1) is 0 Å². The first kappa shape index (κ1) is 14.3. The van der Waals surface area contributed by atoms with Gasteiger partial charge in [-0.05, 0) is 26.0 Å². The van der Waals surface area contributed by atoms with E-state index < -0.39 is 29.9 Å². The third-order valence-corrected chi connectivity index (χ3v) is 2.65. The number of hydrogen-bond acceptors (Lipinski definition) is 5. The zero-order valence-corrected chi connectivity index (χ0v) is 10.3. The monoisotopic (exact) mass is 252 g/mol. The van der Waals surface area contributed by atoms with E-state index in [1.165, 1.54) is 0 Å². The third-order valence-electron chi connectivity index (χ3n) is 2.65. The molecule has 1 aromatic carbocycles. The second-order valence-electron chi connectivity index (χ2n) is 4.10. The Kier molecular flexibility index (Phi) is 4.58. The van der Waals surface area contributed by atoms with Gasteiger partial charge in [-0.25, -0.2) is 0 Å². The van der Waals surface area contributed by atoms with Crippen molar-refractivity contribution in [2.75, 3.05) is 6.61 Å².